The Labute approximate surface area is 174 Å². The SMILES string of the molecule is COCCC(=O)N[C@@]1(C)C[C@@H](c2ccc(Cl)cc2)O[C@@H](c2cc(F)cc(F)c2)C1. The summed E-state index contributed by atoms with van der Waals surface area (Å²) in [6, 6.07) is 10.6. The van der Waals surface area contributed by atoms with Gasteiger partial charge in [-0.1, -0.05) is 23.7 Å². The molecule has 1 amide bonds. The molecule has 3 rings (SSSR count). The summed E-state index contributed by atoms with van der Waals surface area (Å²) in [6.45, 7) is 2.24. The monoisotopic (exact) mass is 423 g/mol. The quantitative estimate of drug-likeness (QED) is 0.701. The molecule has 1 fully saturated rings. The molecule has 1 aliphatic heterocycles. The van der Waals surface area contributed by atoms with E-state index in [9.17, 15) is 13.6 Å². The second-order valence-corrected chi connectivity index (χ2v) is 8.06. The van der Waals surface area contributed by atoms with E-state index in [2.05, 4.69) is 5.32 Å². The number of carbonyl (C=O) groups excluding carboxylic acids is 1. The van der Waals surface area contributed by atoms with E-state index < -0.39 is 23.3 Å². The van der Waals surface area contributed by atoms with E-state index in [-0.39, 0.29) is 18.4 Å². The first kappa shape index (κ1) is 21.7. The largest absolute Gasteiger partial charge is 0.384 e. The zero-order valence-electron chi connectivity index (χ0n) is 16.4. The zero-order chi connectivity index (χ0) is 21.0. The lowest BCUT2D eigenvalue weighted by Gasteiger charge is -2.43. The molecular weight excluding hydrogens is 400 g/mol. The number of amides is 1. The molecule has 7 heteroatoms. The number of methoxy groups -OCH3 is 1. The molecule has 0 unspecified atom stereocenters. The van der Waals surface area contributed by atoms with Crippen LogP contribution in [0.25, 0.3) is 0 Å². The fourth-order valence-corrected chi connectivity index (χ4v) is 3.85. The van der Waals surface area contributed by atoms with Gasteiger partial charge in [-0.2, -0.15) is 0 Å². The van der Waals surface area contributed by atoms with Crippen LogP contribution in [0.4, 0.5) is 8.78 Å². The molecule has 1 saturated heterocycles. The topological polar surface area (TPSA) is 47.6 Å². The number of carbonyl (C=O) groups is 1. The normalized spacial score (nSPS) is 24.3. The van der Waals surface area contributed by atoms with Crippen LogP contribution in [0.3, 0.4) is 0 Å². The lowest BCUT2D eigenvalue weighted by molar-refractivity contribution is -0.129. The summed E-state index contributed by atoms with van der Waals surface area (Å²) < 4.78 is 38.8. The third-order valence-corrected chi connectivity index (χ3v) is 5.33. The number of nitrogens with one attached hydrogen (secondary N) is 1. The Hall–Kier alpha value is -2.02. The summed E-state index contributed by atoms with van der Waals surface area (Å²) in [7, 11) is 1.54. The van der Waals surface area contributed by atoms with Crippen LogP contribution >= 0.6 is 11.6 Å². The minimum atomic E-state index is -0.664. The summed E-state index contributed by atoms with van der Waals surface area (Å²) in [5, 5.41) is 3.66. The second-order valence-electron chi connectivity index (χ2n) is 7.63. The molecule has 0 aliphatic carbocycles. The molecule has 0 saturated carbocycles. The number of hydrogen-bond donors (Lipinski definition) is 1. The lowest BCUT2D eigenvalue weighted by atomic mass is 9.81. The van der Waals surface area contributed by atoms with Crippen LogP contribution < -0.4 is 5.32 Å². The van der Waals surface area contributed by atoms with Gasteiger partial charge in [-0.05, 0) is 42.3 Å². The van der Waals surface area contributed by atoms with Crippen LogP contribution in [-0.4, -0.2) is 25.2 Å². The third-order valence-electron chi connectivity index (χ3n) is 5.07. The van der Waals surface area contributed by atoms with Gasteiger partial charge in [-0.25, -0.2) is 8.78 Å². The number of rotatable bonds is 6. The predicted molar refractivity (Wildman–Crippen MR) is 107 cm³/mol. The van der Waals surface area contributed by atoms with Crippen molar-refractivity contribution in [2.75, 3.05) is 13.7 Å². The Bertz CT molecular complexity index is 841. The summed E-state index contributed by atoms with van der Waals surface area (Å²) in [5.74, 6) is -1.47. The van der Waals surface area contributed by atoms with Crippen LogP contribution in [0.15, 0.2) is 42.5 Å². The molecule has 1 heterocycles. The molecule has 0 bridgehead atoms. The molecule has 4 nitrogen and oxygen atoms in total. The van der Waals surface area contributed by atoms with Gasteiger partial charge in [0.2, 0.25) is 5.91 Å². The van der Waals surface area contributed by atoms with Gasteiger partial charge in [-0.3, -0.25) is 4.79 Å². The smallest absolute Gasteiger partial charge is 0.222 e. The molecule has 2 aromatic rings. The van der Waals surface area contributed by atoms with Crippen LogP contribution in [-0.2, 0) is 14.3 Å². The van der Waals surface area contributed by atoms with Crippen molar-refractivity contribution in [1.29, 1.82) is 0 Å². The van der Waals surface area contributed by atoms with E-state index in [4.69, 9.17) is 21.1 Å². The van der Waals surface area contributed by atoms with Crippen molar-refractivity contribution >= 4 is 17.5 Å². The van der Waals surface area contributed by atoms with Crippen molar-refractivity contribution in [2.45, 2.75) is 43.9 Å². The van der Waals surface area contributed by atoms with Crippen LogP contribution in [0, 0.1) is 11.6 Å². The molecular formula is C22H24ClF2NO3. The first-order valence-corrected chi connectivity index (χ1v) is 9.83. The van der Waals surface area contributed by atoms with Gasteiger partial charge in [0.05, 0.1) is 18.8 Å². The van der Waals surface area contributed by atoms with Gasteiger partial charge in [0.25, 0.3) is 0 Å². The molecule has 2 aromatic carbocycles. The Morgan fingerprint density at radius 2 is 1.72 bits per heavy atom. The Morgan fingerprint density at radius 3 is 2.31 bits per heavy atom. The van der Waals surface area contributed by atoms with Gasteiger partial charge in [-0.15, -0.1) is 0 Å². The summed E-state index contributed by atoms with van der Waals surface area (Å²) in [5.41, 5.74) is 0.660. The van der Waals surface area contributed by atoms with Gasteiger partial charge in [0.1, 0.15) is 11.6 Å². The Morgan fingerprint density at radius 1 is 1.14 bits per heavy atom. The van der Waals surface area contributed by atoms with Gasteiger partial charge in [0, 0.05) is 43.0 Å². The van der Waals surface area contributed by atoms with Crippen LogP contribution in [0.5, 0.6) is 0 Å². The minimum Gasteiger partial charge on any atom is -0.384 e. The van der Waals surface area contributed by atoms with Crippen molar-refractivity contribution in [3.05, 3.63) is 70.2 Å². The van der Waals surface area contributed by atoms with Crippen LogP contribution in [0.2, 0.25) is 5.02 Å². The van der Waals surface area contributed by atoms with Gasteiger partial charge < -0.3 is 14.8 Å². The Kier molecular flexibility index (Phi) is 6.88. The first-order valence-electron chi connectivity index (χ1n) is 9.45. The highest BCUT2D eigenvalue weighted by Gasteiger charge is 2.40. The van der Waals surface area contributed by atoms with Crippen molar-refractivity contribution in [3.63, 3.8) is 0 Å². The average molecular weight is 424 g/mol. The van der Waals surface area contributed by atoms with Crippen molar-refractivity contribution in [3.8, 4) is 0 Å². The molecule has 1 N–H and O–H groups in total. The highest BCUT2D eigenvalue weighted by atomic mass is 35.5. The average Bonchev–Trinajstić information content (AvgIpc) is 2.65. The number of ether oxygens (including phenoxy) is 2. The number of benzene rings is 2. The molecule has 0 aromatic heterocycles. The molecule has 29 heavy (non-hydrogen) atoms. The second kappa shape index (κ2) is 9.20. The van der Waals surface area contributed by atoms with E-state index >= 15 is 0 Å². The fraction of sp³-hybridized carbons (Fsp3) is 0.409. The summed E-state index contributed by atoms with van der Waals surface area (Å²) in [4.78, 5) is 12.3. The van der Waals surface area contributed by atoms with E-state index in [0.717, 1.165) is 11.6 Å². The minimum absolute atomic E-state index is 0.143. The predicted octanol–water partition coefficient (Wildman–Crippen LogP) is 5.12. The van der Waals surface area contributed by atoms with Crippen molar-refractivity contribution < 1.29 is 23.0 Å². The van der Waals surface area contributed by atoms with Crippen LogP contribution in [0.1, 0.15) is 49.5 Å². The van der Waals surface area contributed by atoms with Gasteiger partial charge in [0.15, 0.2) is 0 Å². The maximum Gasteiger partial charge on any atom is 0.222 e. The summed E-state index contributed by atoms with van der Waals surface area (Å²) in [6.07, 6.45) is 0.186. The number of halogens is 3. The molecule has 1 aliphatic rings. The maximum absolute atomic E-state index is 13.8. The molecule has 156 valence electrons. The van der Waals surface area contributed by atoms with E-state index in [1.165, 1.54) is 19.2 Å². The lowest BCUT2D eigenvalue weighted by Crippen LogP contribution is -2.51. The molecule has 0 radical (unpaired) electrons. The van der Waals surface area contributed by atoms with E-state index in [0.29, 0.717) is 30.0 Å². The number of hydrogen-bond acceptors (Lipinski definition) is 3. The standard InChI is InChI=1S/C22H24ClF2NO3/c1-22(26-21(27)7-8-28-2)12-19(14-3-5-16(23)6-4-14)29-20(13-22)15-9-17(24)11-18(25)10-15/h3-6,9-11,19-20H,7-8,12-13H2,1-2H3,(H,26,27)/t19-,20+,22-/m0/s1. The fourth-order valence-electron chi connectivity index (χ4n) is 3.72. The third kappa shape index (κ3) is 5.75. The van der Waals surface area contributed by atoms with Gasteiger partial charge >= 0.3 is 0 Å². The van der Waals surface area contributed by atoms with Crippen molar-refractivity contribution in [1.82, 2.24) is 5.32 Å². The van der Waals surface area contributed by atoms with E-state index in [1.807, 2.05) is 19.1 Å². The van der Waals surface area contributed by atoms with Crippen molar-refractivity contribution in [2.24, 2.45) is 0 Å². The first-order chi connectivity index (χ1) is 13.8. The highest BCUT2D eigenvalue weighted by Crippen LogP contribution is 2.44. The molecule has 3 atom stereocenters. The zero-order valence-corrected chi connectivity index (χ0v) is 17.1. The molecule has 0 spiro atoms. The highest BCUT2D eigenvalue weighted by molar-refractivity contribution is 6.30. The maximum atomic E-state index is 13.8. The Balaban J connectivity index is 1.89. The summed E-state index contributed by atoms with van der Waals surface area (Å²) >= 11 is 5.99. The van der Waals surface area contributed by atoms with E-state index in [1.54, 1.807) is 12.1 Å².